The largest absolute Gasteiger partial charge is 0.325 e. The van der Waals surface area contributed by atoms with E-state index in [0.29, 0.717) is 30.2 Å². The lowest BCUT2D eigenvalue weighted by Crippen LogP contribution is -2.32. The molecule has 3 rings (SSSR count). The highest BCUT2D eigenvalue weighted by molar-refractivity contribution is 8.01. The molecule has 268 valence electrons. The molecule has 1 aromatic rings. The molecule has 0 bridgehead atoms. The first-order chi connectivity index (χ1) is 22.9. The summed E-state index contributed by atoms with van der Waals surface area (Å²) in [4.78, 5) is 43.5. The molecular formula is C39H63N5O3S. The van der Waals surface area contributed by atoms with Gasteiger partial charge in [-0.25, -0.2) is 4.99 Å². The first-order valence-electron chi connectivity index (χ1n) is 17.6. The number of allylic oxidation sites excluding steroid dienone is 2. The number of Topliss-reactive ketones (excluding diaryl/α,β-unsaturated/α-hetero) is 1. The van der Waals surface area contributed by atoms with E-state index in [1.54, 1.807) is 6.08 Å². The van der Waals surface area contributed by atoms with Crippen molar-refractivity contribution in [3.8, 4) is 0 Å². The number of carbonyl (C=O) groups is 3. The van der Waals surface area contributed by atoms with E-state index in [4.69, 9.17) is 0 Å². The summed E-state index contributed by atoms with van der Waals surface area (Å²) in [6, 6.07) is 6.22. The van der Waals surface area contributed by atoms with Crippen LogP contribution in [0.4, 0.5) is 0 Å². The maximum atomic E-state index is 13.3. The minimum absolute atomic E-state index is 0.0472. The van der Waals surface area contributed by atoms with Gasteiger partial charge < -0.3 is 25.1 Å². The number of amides is 1. The summed E-state index contributed by atoms with van der Waals surface area (Å²) in [5.41, 5.74) is 4.56. The third-order valence-electron chi connectivity index (χ3n) is 8.40. The van der Waals surface area contributed by atoms with Crippen LogP contribution in [0.2, 0.25) is 0 Å². The van der Waals surface area contributed by atoms with Crippen molar-refractivity contribution >= 4 is 41.3 Å². The van der Waals surface area contributed by atoms with Crippen molar-refractivity contribution in [1.82, 2.24) is 20.3 Å². The molecule has 1 atom stereocenters. The van der Waals surface area contributed by atoms with Gasteiger partial charge in [0.15, 0.2) is 5.78 Å². The zero-order valence-corrected chi connectivity index (χ0v) is 32.1. The Morgan fingerprint density at radius 2 is 1.73 bits per heavy atom. The van der Waals surface area contributed by atoms with Gasteiger partial charge in [-0.2, -0.15) is 0 Å². The first-order valence-corrected chi connectivity index (χ1v) is 18.4. The van der Waals surface area contributed by atoms with Gasteiger partial charge in [0.2, 0.25) is 0 Å². The minimum atomic E-state index is -0.799. The number of likely N-dealkylation sites (tertiary alicyclic amines) is 1. The number of rotatable bonds is 16. The molecule has 1 aromatic carbocycles. The van der Waals surface area contributed by atoms with Crippen molar-refractivity contribution in [2.24, 2.45) is 16.3 Å². The summed E-state index contributed by atoms with van der Waals surface area (Å²) >= 11 is 1.36. The lowest BCUT2D eigenvalue weighted by atomic mass is 9.79. The minimum Gasteiger partial charge on any atom is -0.325 e. The molecule has 1 aliphatic carbocycles. The summed E-state index contributed by atoms with van der Waals surface area (Å²) in [5, 5.41) is 6.26. The van der Waals surface area contributed by atoms with Gasteiger partial charge in [0.1, 0.15) is 6.29 Å². The summed E-state index contributed by atoms with van der Waals surface area (Å²) in [6.07, 6.45) is 12.1. The molecule has 0 spiro atoms. The number of nitrogens with zero attached hydrogens (tertiary/aromatic N) is 2. The van der Waals surface area contributed by atoms with Crippen molar-refractivity contribution in [2.75, 3.05) is 46.8 Å². The van der Waals surface area contributed by atoms with Crippen LogP contribution in [0.5, 0.6) is 0 Å². The predicted octanol–water partition coefficient (Wildman–Crippen LogP) is 7.23. The van der Waals surface area contributed by atoms with Gasteiger partial charge in [0.25, 0.3) is 5.91 Å². The molecule has 3 N–H and O–H groups in total. The van der Waals surface area contributed by atoms with Gasteiger partial charge >= 0.3 is 0 Å². The van der Waals surface area contributed by atoms with Crippen LogP contribution in [0.3, 0.4) is 0 Å². The van der Waals surface area contributed by atoms with Crippen LogP contribution in [0.25, 0.3) is 5.70 Å². The van der Waals surface area contributed by atoms with Gasteiger partial charge in [-0.3, -0.25) is 9.59 Å². The van der Waals surface area contributed by atoms with E-state index in [-0.39, 0.29) is 18.2 Å². The number of likely N-dealkylation sites (N-methyl/N-ethyl adjacent to an activating group) is 1. The Kier molecular flexibility index (Phi) is 21.1. The van der Waals surface area contributed by atoms with E-state index >= 15 is 0 Å². The number of hydrogen-bond acceptors (Lipinski definition) is 8. The molecule has 1 saturated carbocycles. The van der Waals surface area contributed by atoms with Crippen LogP contribution >= 0.6 is 11.9 Å². The number of nitrogens with one attached hydrogen (secondary N) is 3. The Morgan fingerprint density at radius 1 is 1.10 bits per heavy atom. The Balaban J connectivity index is 0.000000987. The molecule has 0 radical (unpaired) electrons. The number of aldehydes is 1. The number of hydrogen-bond donors (Lipinski definition) is 3. The summed E-state index contributed by atoms with van der Waals surface area (Å²) in [7, 11) is 4.05. The second-order valence-corrected chi connectivity index (χ2v) is 13.9. The van der Waals surface area contributed by atoms with E-state index < -0.39 is 5.41 Å². The average molecular weight is 682 g/mol. The lowest BCUT2D eigenvalue weighted by molar-refractivity contribution is -0.123. The van der Waals surface area contributed by atoms with Gasteiger partial charge in [-0.15, -0.1) is 0 Å². The van der Waals surface area contributed by atoms with Crippen molar-refractivity contribution in [1.29, 1.82) is 0 Å². The standard InChI is InChI=1S/C31H46N4O2S.C5H11N.C3H6O/c1-9-12-23-13-14-26(23)34-30(37)31(6,7)28(11-3)38-35-29(24-18-21(4)17-22(5)19-24)25(10-2)27(36)20-33-16-15-32-8;1-6-4-2-3-5-6;1-2-3-4/h10-11,17-19,23,32-33,35H,2,9,12-16,20H2,1,3-8H3;2-5H2,1H3;3H,2H2,1H3/b28-11-,29-25+,34-26?;;. The molecule has 1 heterocycles. The topological polar surface area (TPSA) is 103 Å². The molecule has 2 fully saturated rings. The Morgan fingerprint density at radius 3 is 2.17 bits per heavy atom. The van der Waals surface area contributed by atoms with Crippen molar-refractivity contribution in [3.63, 3.8) is 0 Å². The number of ketones is 1. The fourth-order valence-electron chi connectivity index (χ4n) is 5.44. The van der Waals surface area contributed by atoms with Crippen molar-refractivity contribution in [3.05, 3.63) is 64.1 Å². The van der Waals surface area contributed by atoms with Crippen LogP contribution in [-0.2, 0) is 14.4 Å². The van der Waals surface area contributed by atoms with E-state index in [9.17, 15) is 14.4 Å². The molecule has 1 amide bonds. The van der Waals surface area contributed by atoms with Gasteiger partial charge in [0.05, 0.1) is 17.7 Å². The van der Waals surface area contributed by atoms with E-state index in [1.807, 2.05) is 54.7 Å². The average Bonchev–Trinajstić information content (AvgIpc) is 3.54. The highest BCUT2D eigenvalue weighted by Gasteiger charge is 2.35. The van der Waals surface area contributed by atoms with Crippen LogP contribution in [0, 0.1) is 25.2 Å². The third kappa shape index (κ3) is 14.7. The molecule has 48 heavy (non-hydrogen) atoms. The fraction of sp³-hybridized carbons (Fsp3) is 0.590. The fourth-order valence-corrected chi connectivity index (χ4v) is 6.34. The Bertz CT molecular complexity index is 1260. The molecule has 8 nitrogen and oxygen atoms in total. The highest BCUT2D eigenvalue weighted by atomic mass is 32.2. The molecule has 1 aliphatic heterocycles. The summed E-state index contributed by atoms with van der Waals surface area (Å²) in [6.45, 7) is 22.1. The summed E-state index contributed by atoms with van der Waals surface area (Å²) in [5.74, 6) is 0.275. The van der Waals surface area contributed by atoms with Crippen LogP contribution < -0.4 is 15.4 Å². The molecule has 0 aromatic heterocycles. The van der Waals surface area contributed by atoms with E-state index in [2.05, 4.69) is 64.0 Å². The van der Waals surface area contributed by atoms with Gasteiger partial charge in [0, 0.05) is 35.7 Å². The van der Waals surface area contributed by atoms with Crippen LogP contribution in [-0.4, -0.2) is 75.4 Å². The Labute approximate surface area is 295 Å². The predicted molar refractivity (Wildman–Crippen MR) is 206 cm³/mol. The molecule has 2 aliphatic rings. The van der Waals surface area contributed by atoms with Gasteiger partial charge in [-0.05, 0) is 129 Å². The zero-order chi connectivity index (χ0) is 36.1. The number of benzene rings is 1. The van der Waals surface area contributed by atoms with E-state index in [1.165, 1.54) is 37.9 Å². The molecule has 1 saturated heterocycles. The van der Waals surface area contributed by atoms with Gasteiger partial charge in [-0.1, -0.05) is 56.2 Å². The zero-order valence-electron chi connectivity index (χ0n) is 31.3. The SMILES string of the molecule is C=C/C(C(=O)CNCCNC)=C(\NS/C(=C\C)C(C)(C)C(=O)N=C1CCC1CCC)c1cc(C)cc(C)c1.CCC=O.CN1CCCC1. The quantitative estimate of drug-likeness (QED) is 0.0552. The monoisotopic (exact) mass is 681 g/mol. The number of aryl methyl sites for hydroxylation is 2. The Hall–Kier alpha value is -2.85. The lowest BCUT2D eigenvalue weighted by Gasteiger charge is -2.30. The molecule has 9 heteroatoms. The number of aliphatic imine (C=N–C) groups is 1. The van der Waals surface area contributed by atoms with Crippen molar-refractivity contribution < 1.29 is 14.4 Å². The normalized spacial score (nSPS) is 17.6. The van der Waals surface area contributed by atoms with Crippen molar-refractivity contribution in [2.45, 2.75) is 93.4 Å². The smallest absolute Gasteiger partial charge is 0.256 e. The maximum absolute atomic E-state index is 13.3. The third-order valence-corrected chi connectivity index (χ3v) is 9.67. The van der Waals surface area contributed by atoms with Crippen LogP contribution in [0.1, 0.15) is 96.3 Å². The molecular weight excluding hydrogens is 619 g/mol. The highest BCUT2D eigenvalue weighted by Crippen LogP contribution is 2.38. The second-order valence-electron chi connectivity index (χ2n) is 13.1. The van der Waals surface area contributed by atoms with E-state index in [0.717, 1.165) is 65.8 Å². The maximum Gasteiger partial charge on any atom is 0.256 e. The second kappa shape index (κ2) is 23.5. The van der Waals surface area contributed by atoms with Crippen LogP contribution in [0.15, 0.2) is 52.4 Å². The molecule has 1 unspecified atom stereocenters. The first kappa shape index (κ1) is 43.2. The number of carbonyl (C=O) groups excluding carboxylic acids is 3. The summed E-state index contributed by atoms with van der Waals surface area (Å²) < 4.78 is 3.44.